The van der Waals surface area contributed by atoms with Crippen molar-refractivity contribution in [2.24, 2.45) is 11.8 Å². The fraction of sp³-hybridized carbons (Fsp3) is 0.667. The maximum absolute atomic E-state index is 10.9. The van der Waals surface area contributed by atoms with E-state index in [4.69, 9.17) is 16.3 Å². The van der Waals surface area contributed by atoms with Crippen molar-refractivity contribution in [2.45, 2.75) is 32.6 Å². The van der Waals surface area contributed by atoms with Crippen LogP contribution in [0.4, 0.5) is 5.69 Å². The van der Waals surface area contributed by atoms with Crippen molar-refractivity contribution in [2.75, 3.05) is 6.61 Å². The third kappa shape index (κ3) is 3.53. The van der Waals surface area contributed by atoms with Crippen LogP contribution < -0.4 is 4.74 Å². The Balaban J connectivity index is 2.03. The van der Waals surface area contributed by atoms with Crippen molar-refractivity contribution in [1.29, 1.82) is 0 Å². The van der Waals surface area contributed by atoms with E-state index in [1.165, 1.54) is 19.2 Å². The van der Waals surface area contributed by atoms with Gasteiger partial charge in [0.2, 0.25) is 5.15 Å². The van der Waals surface area contributed by atoms with Gasteiger partial charge in [-0.25, -0.2) is 4.98 Å². The Labute approximate surface area is 116 Å². The van der Waals surface area contributed by atoms with E-state index in [9.17, 15) is 10.1 Å². The second-order valence-electron chi connectivity index (χ2n) is 5.02. The van der Waals surface area contributed by atoms with Gasteiger partial charge in [0.05, 0.1) is 11.5 Å². The van der Waals surface area contributed by atoms with Crippen LogP contribution in [0, 0.1) is 22.0 Å². The van der Waals surface area contributed by atoms with Crippen molar-refractivity contribution in [3.8, 4) is 5.88 Å². The SMILES string of the molecule is CC1CCCC(COc2ncnc(Cl)c2[N+](=O)[O-])C1. The lowest BCUT2D eigenvalue weighted by Crippen LogP contribution is -2.20. The molecule has 2 atom stereocenters. The largest absolute Gasteiger partial charge is 0.472 e. The van der Waals surface area contributed by atoms with Gasteiger partial charge < -0.3 is 4.74 Å². The minimum atomic E-state index is -0.610. The smallest absolute Gasteiger partial charge is 0.367 e. The maximum atomic E-state index is 10.9. The number of hydrogen-bond acceptors (Lipinski definition) is 5. The van der Waals surface area contributed by atoms with Gasteiger partial charge in [0.1, 0.15) is 6.33 Å². The molecule has 7 heteroatoms. The highest BCUT2D eigenvalue weighted by atomic mass is 35.5. The van der Waals surface area contributed by atoms with Crippen LogP contribution in [0.2, 0.25) is 5.15 Å². The van der Waals surface area contributed by atoms with Crippen molar-refractivity contribution in [3.63, 3.8) is 0 Å². The number of nitrogens with zero attached hydrogens (tertiary/aromatic N) is 3. The fourth-order valence-electron chi connectivity index (χ4n) is 2.51. The summed E-state index contributed by atoms with van der Waals surface area (Å²) in [7, 11) is 0. The quantitative estimate of drug-likeness (QED) is 0.482. The molecule has 1 aromatic rings. The zero-order chi connectivity index (χ0) is 13.8. The molecule has 0 N–H and O–H groups in total. The first-order chi connectivity index (χ1) is 9.08. The van der Waals surface area contributed by atoms with Crippen LogP contribution in [0.15, 0.2) is 6.33 Å². The molecule has 1 heterocycles. The molecule has 2 unspecified atom stereocenters. The van der Waals surface area contributed by atoms with E-state index in [1.54, 1.807) is 0 Å². The predicted molar refractivity (Wildman–Crippen MR) is 70.3 cm³/mol. The highest BCUT2D eigenvalue weighted by molar-refractivity contribution is 6.31. The topological polar surface area (TPSA) is 78.2 Å². The summed E-state index contributed by atoms with van der Waals surface area (Å²) < 4.78 is 5.49. The van der Waals surface area contributed by atoms with Gasteiger partial charge in [-0.05, 0) is 24.7 Å². The molecule has 2 rings (SSSR count). The van der Waals surface area contributed by atoms with Gasteiger partial charge in [-0.15, -0.1) is 0 Å². The molecule has 1 saturated carbocycles. The van der Waals surface area contributed by atoms with Gasteiger partial charge in [-0.1, -0.05) is 31.4 Å². The molecule has 1 aliphatic carbocycles. The zero-order valence-electron chi connectivity index (χ0n) is 10.7. The first-order valence-corrected chi connectivity index (χ1v) is 6.73. The molecule has 1 aliphatic rings. The predicted octanol–water partition coefficient (Wildman–Crippen LogP) is 3.24. The van der Waals surface area contributed by atoms with Gasteiger partial charge in [0.15, 0.2) is 0 Å². The molecule has 6 nitrogen and oxygen atoms in total. The van der Waals surface area contributed by atoms with Gasteiger partial charge >= 0.3 is 5.69 Å². The molecular formula is C12H16ClN3O3. The molecule has 0 spiro atoms. The monoisotopic (exact) mass is 285 g/mol. The first-order valence-electron chi connectivity index (χ1n) is 6.35. The molecule has 0 bridgehead atoms. The Bertz CT molecular complexity index is 470. The summed E-state index contributed by atoms with van der Waals surface area (Å²) in [6.45, 7) is 2.66. The van der Waals surface area contributed by atoms with Crippen LogP contribution in [-0.2, 0) is 0 Å². The third-order valence-corrected chi connectivity index (χ3v) is 3.70. The Morgan fingerprint density at radius 1 is 1.53 bits per heavy atom. The van der Waals surface area contributed by atoms with Crippen LogP contribution in [0.25, 0.3) is 0 Å². The molecule has 104 valence electrons. The lowest BCUT2D eigenvalue weighted by atomic mass is 9.83. The second kappa shape index (κ2) is 6.14. The third-order valence-electron chi connectivity index (χ3n) is 3.43. The van der Waals surface area contributed by atoms with Gasteiger partial charge in [-0.3, -0.25) is 10.1 Å². The number of ether oxygens (including phenoxy) is 1. The van der Waals surface area contributed by atoms with Gasteiger partial charge in [-0.2, -0.15) is 4.98 Å². The van der Waals surface area contributed by atoms with Gasteiger partial charge in [0, 0.05) is 0 Å². The van der Waals surface area contributed by atoms with Crippen molar-refractivity contribution in [1.82, 2.24) is 9.97 Å². The number of aromatic nitrogens is 2. The molecule has 0 aliphatic heterocycles. The second-order valence-corrected chi connectivity index (χ2v) is 5.38. The molecule has 0 aromatic carbocycles. The summed E-state index contributed by atoms with van der Waals surface area (Å²) in [6.07, 6.45) is 5.79. The number of rotatable bonds is 4. The molecular weight excluding hydrogens is 270 g/mol. The first kappa shape index (κ1) is 14.0. The summed E-state index contributed by atoms with van der Waals surface area (Å²) in [5.74, 6) is 1.08. The van der Waals surface area contributed by atoms with E-state index in [0.29, 0.717) is 18.4 Å². The highest BCUT2D eigenvalue weighted by Gasteiger charge is 2.25. The van der Waals surface area contributed by atoms with E-state index >= 15 is 0 Å². The molecule has 0 amide bonds. The summed E-state index contributed by atoms with van der Waals surface area (Å²) >= 11 is 5.70. The Hall–Kier alpha value is -1.43. The standard InChI is InChI=1S/C12H16ClN3O3/c1-8-3-2-4-9(5-8)6-19-12-10(16(17)18)11(13)14-7-15-12/h7-9H,2-6H2,1H3. The van der Waals surface area contributed by atoms with E-state index in [2.05, 4.69) is 16.9 Å². The summed E-state index contributed by atoms with van der Waals surface area (Å²) in [5.41, 5.74) is -0.354. The molecule has 19 heavy (non-hydrogen) atoms. The summed E-state index contributed by atoms with van der Waals surface area (Å²) in [6, 6.07) is 0. The van der Waals surface area contributed by atoms with Crippen molar-refractivity contribution >= 4 is 17.3 Å². The number of hydrogen-bond donors (Lipinski definition) is 0. The molecule has 1 aromatic heterocycles. The lowest BCUT2D eigenvalue weighted by Gasteiger charge is -2.26. The summed E-state index contributed by atoms with van der Waals surface area (Å²) in [5, 5.41) is 10.7. The molecule has 0 saturated heterocycles. The number of halogens is 1. The van der Waals surface area contributed by atoms with E-state index in [-0.39, 0.29) is 16.7 Å². The Kier molecular flexibility index (Phi) is 4.52. The van der Waals surface area contributed by atoms with Crippen molar-refractivity contribution < 1.29 is 9.66 Å². The van der Waals surface area contributed by atoms with E-state index in [1.807, 2.05) is 0 Å². The minimum absolute atomic E-state index is 0.0387. The van der Waals surface area contributed by atoms with Crippen LogP contribution in [0.5, 0.6) is 5.88 Å². The van der Waals surface area contributed by atoms with Crippen LogP contribution >= 0.6 is 11.6 Å². The number of nitro groups is 1. The van der Waals surface area contributed by atoms with Crippen molar-refractivity contribution in [3.05, 3.63) is 21.6 Å². The van der Waals surface area contributed by atoms with E-state index < -0.39 is 4.92 Å². The zero-order valence-corrected chi connectivity index (χ0v) is 11.5. The van der Waals surface area contributed by atoms with Crippen LogP contribution in [0.3, 0.4) is 0 Å². The minimum Gasteiger partial charge on any atom is -0.472 e. The summed E-state index contributed by atoms with van der Waals surface area (Å²) in [4.78, 5) is 17.7. The average Bonchev–Trinajstić information content (AvgIpc) is 2.36. The Morgan fingerprint density at radius 2 is 2.32 bits per heavy atom. The van der Waals surface area contributed by atoms with Gasteiger partial charge in [0.25, 0.3) is 5.88 Å². The highest BCUT2D eigenvalue weighted by Crippen LogP contribution is 2.33. The molecule has 0 radical (unpaired) electrons. The molecule has 1 fully saturated rings. The van der Waals surface area contributed by atoms with Crippen LogP contribution in [-0.4, -0.2) is 21.5 Å². The maximum Gasteiger partial charge on any atom is 0.367 e. The van der Waals surface area contributed by atoms with E-state index in [0.717, 1.165) is 12.8 Å². The normalized spacial score (nSPS) is 23.1. The van der Waals surface area contributed by atoms with Crippen LogP contribution in [0.1, 0.15) is 32.6 Å². The Morgan fingerprint density at radius 3 is 3.00 bits per heavy atom. The average molecular weight is 286 g/mol. The fourth-order valence-corrected chi connectivity index (χ4v) is 2.70. The lowest BCUT2D eigenvalue weighted by molar-refractivity contribution is -0.386.